The van der Waals surface area contributed by atoms with E-state index in [2.05, 4.69) is 38.2 Å². The van der Waals surface area contributed by atoms with Gasteiger partial charge in [-0.3, -0.25) is 0 Å². The Morgan fingerprint density at radius 2 is 1.82 bits per heavy atom. The van der Waals surface area contributed by atoms with Crippen LogP contribution in [0.15, 0.2) is 12.1 Å². The van der Waals surface area contributed by atoms with Crippen molar-refractivity contribution in [3.05, 3.63) is 33.8 Å². The van der Waals surface area contributed by atoms with E-state index in [4.69, 9.17) is 11.6 Å². The Balaban J connectivity index is 2.84. The molecule has 1 rings (SSSR count). The fourth-order valence-corrected chi connectivity index (χ4v) is 2.47. The number of aryl methyl sites for hydroxylation is 2. The summed E-state index contributed by atoms with van der Waals surface area (Å²) in [6.07, 6.45) is 4.97. The molecule has 0 spiro atoms. The molecule has 1 unspecified atom stereocenters. The van der Waals surface area contributed by atoms with Crippen molar-refractivity contribution in [1.82, 2.24) is 5.32 Å². The van der Waals surface area contributed by atoms with Crippen molar-refractivity contribution in [2.45, 2.75) is 52.5 Å². The van der Waals surface area contributed by atoms with Crippen molar-refractivity contribution < 1.29 is 0 Å². The zero-order valence-electron chi connectivity index (χ0n) is 11.4. The lowest BCUT2D eigenvalue weighted by Crippen LogP contribution is -2.17. The van der Waals surface area contributed by atoms with Crippen LogP contribution in [0.3, 0.4) is 0 Å². The normalized spacial score (nSPS) is 12.8. The van der Waals surface area contributed by atoms with Crippen molar-refractivity contribution in [3.63, 3.8) is 0 Å². The second kappa shape index (κ2) is 7.03. The minimum Gasteiger partial charge on any atom is -0.313 e. The molecule has 96 valence electrons. The second-order valence-electron chi connectivity index (χ2n) is 4.80. The lowest BCUT2D eigenvalue weighted by Gasteiger charge is -2.19. The molecule has 0 radical (unpaired) electrons. The van der Waals surface area contributed by atoms with Gasteiger partial charge in [0, 0.05) is 11.1 Å². The molecule has 0 heterocycles. The maximum absolute atomic E-state index is 6.35. The Kier molecular flexibility index (Phi) is 6.01. The molecule has 0 bridgehead atoms. The van der Waals surface area contributed by atoms with E-state index >= 15 is 0 Å². The standard InChI is InChI=1S/C15H24ClN/c1-5-6-7-8-15(17-4)13-9-11(2)12(3)10-14(13)16/h9-10,15,17H,5-8H2,1-4H3. The molecule has 0 saturated carbocycles. The van der Waals surface area contributed by atoms with E-state index in [9.17, 15) is 0 Å². The van der Waals surface area contributed by atoms with E-state index in [1.165, 1.54) is 36.0 Å². The Morgan fingerprint density at radius 3 is 2.41 bits per heavy atom. The third kappa shape index (κ3) is 4.01. The molecule has 0 aliphatic carbocycles. The predicted octanol–water partition coefficient (Wildman–Crippen LogP) is 4.80. The fraction of sp³-hybridized carbons (Fsp3) is 0.600. The van der Waals surface area contributed by atoms with Gasteiger partial charge in [-0.05, 0) is 50.1 Å². The molecule has 1 aromatic carbocycles. The third-order valence-electron chi connectivity index (χ3n) is 3.43. The van der Waals surface area contributed by atoms with Crippen LogP contribution < -0.4 is 5.32 Å². The highest BCUT2D eigenvalue weighted by molar-refractivity contribution is 6.31. The van der Waals surface area contributed by atoms with Gasteiger partial charge in [0.15, 0.2) is 0 Å². The Labute approximate surface area is 111 Å². The zero-order chi connectivity index (χ0) is 12.8. The summed E-state index contributed by atoms with van der Waals surface area (Å²) in [5, 5.41) is 4.27. The third-order valence-corrected chi connectivity index (χ3v) is 3.76. The molecule has 17 heavy (non-hydrogen) atoms. The number of nitrogens with one attached hydrogen (secondary N) is 1. The molecular formula is C15H24ClN. The predicted molar refractivity (Wildman–Crippen MR) is 76.9 cm³/mol. The molecule has 0 aromatic heterocycles. The van der Waals surface area contributed by atoms with E-state index < -0.39 is 0 Å². The van der Waals surface area contributed by atoms with Crippen molar-refractivity contribution in [1.29, 1.82) is 0 Å². The average molecular weight is 254 g/mol. The molecule has 1 N–H and O–H groups in total. The Morgan fingerprint density at radius 1 is 1.18 bits per heavy atom. The van der Waals surface area contributed by atoms with E-state index in [0.29, 0.717) is 6.04 Å². The topological polar surface area (TPSA) is 12.0 Å². The van der Waals surface area contributed by atoms with Gasteiger partial charge in [0.25, 0.3) is 0 Å². The molecular weight excluding hydrogens is 230 g/mol. The highest BCUT2D eigenvalue weighted by atomic mass is 35.5. The van der Waals surface area contributed by atoms with Crippen LogP contribution in [0, 0.1) is 13.8 Å². The average Bonchev–Trinajstić information content (AvgIpc) is 2.30. The van der Waals surface area contributed by atoms with Gasteiger partial charge in [-0.25, -0.2) is 0 Å². The van der Waals surface area contributed by atoms with Gasteiger partial charge in [0.2, 0.25) is 0 Å². The maximum atomic E-state index is 6.35. The fourth-order valence-electron chi connectivity index (χ4n) is 2.12. The molecule has 0 amide bonds. The van der Waals surface area contributed by atoms with Gasteiger partial charge in [-0.15, -0.1) is 0 Å². The van der Waals surface area contributed by atoms with Crippen molar-refractivity contribution >= 4 is 11.6 Å². The monoisotopic (exact) mass is 253 g/mol. The summed E-state index contributed by atoms with van der Waals surface area (Å²) in [5.74, 6) is 0. The zero-order valence-corrected chi connectivity index (χ0v) is 12.2. The number of unbranched alkanes of at least 4 members (excludes halogenated alkanes) is 2. The molecule has 0 saturated heterocycles. The van der Waals surface area contributed by atoms with Crippen LogP contribution in [-0.2, 0) is 0 Å². The van der Waals surface area contributed by atoms with Crippen molar-refractivity contribution in [3.8, 4) is 0 Å². The van der Waals surface area contributed by atoms with Gasteiger partial charge in [-0.2, -0.15) is 0 Å². The summed E-state index contributed by atoms with van der Waals surface area (Å²) >= 11 is 6.35. The smallest absolute Gasteiger partial charge is 0.0456 e. The molecule has 1 atom stereocenters. The van der Waals surface area contributed by atoms with Gasteiger partial charge in [0.05, 0.1) is 0 Å². The molecule has 0 aliphatic rings. The summed E-state index contributed by atoms with van der Waals surface area (Å²) in [5.41, 5.74) is 3.83. The summed E-state index contributed by atoms with van der Waals surface area (Å²) in [7, 11) is 2.02. The maximum Gasteiger partial charge on any atom is 0.0456 e. The SMILES string of the molecule is CCCCCC(NC)c1cc(C)c(C)cc1Cl. The number of benzene rings is 1. The summed E-state index contributed by atoms with van der Waals surface area (Å²) in [6.45, 7) is 6.49. The minimum atomic E-state index is 0.383. The van der Waals surface area contributed by atoms with Gasteiger partial charge in [-0.1, -0.05) is 43.9 Å². The first-order chi connectivity index (χ1) is 8.10. The molecule has 2 heteroatoms. The van der Waals surface area contributed by atoms with Crippen LogP contribution >= 0.6 is 11.6 Å². The van der Waals surface area contributed by atoms with Crippen LogP contribution in [0.2, 0.25) is 5.02 Å². The van der Waals surface area contributed by atoms with Crippen LogP contribution in [-0.4, -0.2) is 7.05 Å². The lowest BCUT2D eigenvalue weighted by atomic mass is 9.97. The van der Waals surface area contributed by atoms with E-state index in [0.717, 1.165) is 11.4 Å². The summed E-state index contributed by atoms with van der Waals surface area (Å²) in [6, 6.07) is 4.69. The van der Waals surface area contributed by atoms with Crippen LogP contribution in [0.5, 0.6) is 0 Å². The molecule has 1 nitrogen and oxygen atoms in total. The van der Waals surface area contributed by atoms with Gasteiger partial charge in [0.1, 0.15) is 0 Å². The minimum absolute atomic E-state index is 0.383. The number of rotatable bonds is 6. The molecule has 0 fully saturated rings. The molecule has 0 aliphatic heterocycles. The van der Waals surface area contributed by atoms with E-state index in [-0.39, 0.29) is 0 Å². The quantitative estimate of drug-likeness (QED) is 0.719. The highest BCUT2D eigenvalue weighted by Gasteiger charge is 2.13. The van der Waals surface area contributed by atoms with E-state index in [1.807, 2.05) is 7.05 Å². The van der Waals surface area contributed by atoms with E-state index in [1.54, 1.807) is 0 Å². The Bertz CT molecular complexity index is 360. The van der Waals surface area contributed by atoms with Crippen molar-refractivity contribution in [2.24, 2.45) is 0 Å². The van der Waals surface area contributed by atoms with Crippen molar-refractivity contribution in [2.75, 3.05) is 7.05 Å². The van der Waals surface area contributed by atoms with Gasteiger partial charge >= 0.3 is 0 Å². The van der Waals surface area contributed by atoms with Gasteiger partial charge < -0.3 is 5.32 Å². The number of halogens is 1. The second-order valence-corrected chi connectivity index (χ2v) is 5.20. The first-order valence-corrected chi connectivity index (χ1v) is 6.91. The summed E-state index contributed by atoms with van der Waals surface area (Å²) < 4.78 is 0. The number of hydrogen-bond donors (Lipinski definition) is 1. The molecule has 1 aromatic rings. The summed E-state index contributed by atoms with van der Waals surface area (Å²) in [4.78, 5) is 0. The first kappa shape index (κ1) is 14.5. The number of hydrogen-bond acceptors (Lipinski definition) is 1. The van der Waals surface area contributed by atoms with Crippen LogP contribution in [0.25, 0.3) is 0 Å². The van der Waals surface area contributed by atoms with Crippen LogP contribution in [0.4, 0.5) is 0 Å². The van der Waals surface area contributed by atoms with Crippen LogP contribution in [0.1, 0.15) is 55.3 Å². The first-order valence-electron chi connectivity index (χ1n) is 6.54. The highest BCUT2D eigenvalue weighted by Crippen LogP contribution is 2.29. The largest absolute Gasteiger partial charge is 0.313 e. The Hall–Kier alpha value is -0.530. The lowest BCUT2D eigenvalue weighted by molar-refractivity contribution is 0.512.